The highest BCUT2D eigenvalue weighted by Gasteiger charge is 2.10. The lowest BCUT2D eigenvalue weighted by Crippen LogP contribution is -2.32. The molecule has 0 aliphatic heterocycles. The monoisotopic (exact) mass is 260 g/mol. The fraction of sp³-hybridized carbons (Fsp3) is 0.429. The van der Waals surface area contributed by atoms with E-state index in [0.29, 0.717) is 13.1 Å². The zero-order valence-corrected chi connectivity index (χ0v) is 11.6. The van der Waals surface area contributed by atoms with Crippen molar-refractivity contribution < 1.29 is 4.79 Å². The van der Waals surface area contributed by atoms with E-state index in [2.05, 4.69) is 10.3 Å². The Kier molecular flexibility index (Phi) is 3.85. The van der Waals surface area contributed by atoms with Crippen LogP contribution in [0.2, 0.25) is 0 Å². The van der Waals surface area contributed by atoms with Gasteiger partial charge >= 0.3 is 0 Å². The third-order valence-electron chi connectivity index (χ3n) is 3.44. The molecule has 1 amide bonds. The predicted molar refractivity (Wildman–Crippen MR) is 75.5 cm³/mol. The molecule has 0 saturated carbocycles. The second-order valence-corrected chi connectivity index (χ2v) is 4.90. The summed E-state index contributed by atoms with van der Waals surface area (Å²) in [5.41, 5.74) is 8.56. The Hall–Kier alpha value is -1.88. The van der Waals surface area contributed by atoms with Gasteiger partial charge in [-0.25, -0.2) is 4.98 Å². The molecule has 1 unspecified atom stereocenters. The molecule has 2 aromatic rings. The van der Waals surface area contributed by atoms with Crippen molar-refractivity contribution in [1.29, 1.82) is 0 Å². The first-order chi connectivity index (χ1) is 9.02. The SMILES string of the molecule is Cc1nc2cc(CNC(=O)C(C)CN)ccc2n1C. The lowest BCUT2D eigenvalue weighted by atomic mass is 10.1. The Labute approximate surface area is 112 Å². The topological polar surface area (TPSA) is 72.9 Å². The van der Waals surface area contributed by atoms with E-state index in [9.17, 15) is 4.79 Å². The van der Waals surface area contributed by atoms with Gasteiger partial charge in [-0.3, -0.25) is 4.79 Å². The summed E-state index contributed by atoms with van der Waals surface area (Å²) in [6.45, 7) is 4.67. The van der Waals surface area contributed by atoms with Crippen LogP contribution in [0.1, 0.15) is 18.3 Å². The number of hydrogen-bond acceptors (Lipinski definition) is 3. The van der Waals surface area contributed by atoms with Crippen LogP contribution >= 0.6 is 0 Å². The van der Waals surface area contributed by atoms with Gasteiger partial charge in [0, 0.05) is 26.1 Å². The highest BCUT2D eigenvalue weighted by atomic mass is 16.1. The number of hydrogen-bond donors (Lipinski definition) is 2. The van der Waals surface area contributed by atoms with Crippen LogP contribution in [0.15, 0.2) is 18.2 Å². The Morgan fingerprint density at radius 3 is 2.95 bits per heavy atom. The fourth-order valence-corrected chi connectivity index (χ4v) is 1.95. The van der Waals surface area contributed by atoms with Gasteiger partial charge in [0.05, 0.1) is 11.0 Å². The minimum absolute atomic E-state index is 0.0141. The number of fused-ring (bicyclic) bond motifs is 1. The molecule has 102 valence electrons. The summed E-state index contributed by atoms with van der Waals surface area (Å²) < 4.78 is 2.05. The Morgan fingerprint density at radius 1 is 1.53 bits per heavy atom. The molecule has 0 aliphatic carbocycles. The maximum Gasteiger partial charge on any atom is 0.224 e. The van der Waals surface area contributed by atoms with Gasteiger partial charge in [0.1, 0.15) is 5.82 Å². The Balaban J connectivity index is 2.12. The van der Waals surface area contributed by atoms with Gasteiger partial charge in [-0.05, 0) is 24.6 Å². The zero-order chi connectivity index (χ0) is 14.0. The van der Waals surface area contributed by atoms with Gasteiger partial charge in [0.2, 0.25) is 5.91 Å². The molecule has 1 aromatic carbocycles. The lowest BCUT2D eigenvalue weighted by molar-refractivity contribution is -0.124. The molecule has 2 rings (SSSR count). The summed E-state index contributed by atoms with van der Waals surface area (Å²) in [7, 11) is 2.00. The zero-order valence-electron chi connectivity index (χ0n) is 11.6. The van der Waals surface area contributed by atoms with E-state index < -0.39 is 0 Å². The highest BCUT2D eigenvalue weighted by Crippen LogP contribution is 2.16. The van der Waals surface area contributed by atoms with Gasteiger partial charge in [0.15, 0.2) is 0 Å². The molecule has 0 aliphatic rings. The summed E-state index contributed by atoms with van der Waals surface area (Å²) in [6.07, 6.45) is 0. The second-order valence-electron chi connectivity index (χ2n) is 4.90. The molecule has 1 atom stereocenters. The van der Waals surface area contributed by atoms with Crippen LogP contribution in [0.25, 0.3) is 11.0 Å². The Bertz CT molecular complexity index is 603. The standard InChI is InChI=1S/C14H20N4O/c1-9(7-15)14(19)16-8-11-4-5-13-12(6-11)17-10(2)18(13)3/h4-6,9H,7-8,15H2,1-3H3,(H,16,19). The van der Waals surface area contributed by atoms with Crippen LogP contribution in [-0.4, -0.2) is 22.0 Å². The smallest absolute Gasteiger partial charge is 0.224 e. The van der Waals surface area contributed by atoms with Crippen molar-refractivity contribution in [2.24, 2.45) is 18.7 Å². The minimum Gasteiger partial charge on any atom is -0.352 e. The second kappa shape index (κ2) is 5.40. The van der Waals surface area contributed by atoms with Crippen molar-refractivity contribution in [3.05, 3.63) is 29.6 Å². The number of aryl methyl sites for hydroxylation is 2. The summed E-state index contributed by atoms with van der Waals surface area (Å²) in [5, 5.41) is 2.88. The number of carbonyl (C=O) groups is 1. The van der Waals surface area contributed by atoms with E-state index in [1.807, 2.05) is 43.7 Å². The molecule has 0 radical (unpaired) electrons. The van der Waals surface area contributed by atoms with Gasteiger partial charge < -0.3 is 15.6 Å². The van der Waals surface area contributed by atoms with E-state index in [1.165, 1.54) is 0 Å². The summed E-state index contributed by atoms with van der Waals surface area (Å²) in [5.74, 6) is 0.813. The van der Waals surface area contributed by atoms with Crippen molar-refractivity contribution in [2.75, 3.05) is 6.54 Å². The average Bonchev–Trinajstić information content (AvgIpc) is 2.70. The molecule has 0 bridgehead atoms. The van der Waals surface area contributed by atoms with Crippen LogP contribution < -0.4 is 11.1 Å². The van der Waals surface area contributed by atoms with Crippen molar-refractivity contribution >= 4 is 16.9 Å². The molecule has 1 aromatic heterocycles. The largest absolute Gasteiger partial charge is 0.352 e. The van der Waals surface area contributed by atoms with Crippen molar-refractivity contribution in [3.63, 3.8) is 0 Å². The number of imidazole rings is 1. The van der Waals surface area contributed by atoms with E-state index in [1.54, 1.807) is 0 Å². The maximum atomic E-state index is 11.7. The van der Waals surface area contributed by atoms with Crippen molar-refractivity contribution in [2.45, 2.75) is 20.4 Å². The molecule has 5 nitrogen and oxygen atoms in total. The quantitative estimate of drug-likeness (QED) is 0.864. The summed E-state index contributed by atoms with van der Waals surface area (Å²) in [4.78, 5) is 16.1. The number of carbonyl (C=O) groups excluding carboxylic acids is 1. The van der Waals surface area contributed by atoms with Crippen LogP contribution in [0.4, 0.5) is 0 Å². The van der Waals surface area contributed by atoms with Crippen molar-refractivity contribution in [3.8, 4) is 0 Å². The van der Waals surface area contributed by atoms with Gasteiger partial charge in [-0.15, -0.1) is 0 Å². The predicted octanol–water partition coefficient (Wildman–Crippen LogP) is 1.09. The number of amides is 1. The Morgan fingerprint density at radius 2 is 2.26 bits per heavy atom. The van der Waals surface area contributed by atoms with Gasteiger partial charge in [-0.1, -0.05) is 13.0 Å². The molecule has 0 spiro atoms. The van der Waals surface area contributed by atoms with Crippen LogP contribution in [-0.2, 0) is 18.4 Å². The number of nitrogens with one attached hydrogen (secondary N) is 1. The van der Waals surface area contributed by atoms with Crippen LogP contribution in [0.5, 0.6) is 0 Å². The van der Waals surface area contributed by atoms with E-state index in [4.69, 9.17) is 5.73 Å². The maximum absolute atomic E-state index is 11.7. The molecule has 5 heteroatoms. The van der Waals surface area contributed by atoms with E-state index in [-0.39, 0.29) is 11.8 Å². The summed E-state index contributed by atoms with van der Waals surface area (Å²) in [6, 6.07) is 6.05. The number of rotatable bonds is 4. The number of aromatic nitrogens is 2. The van der Waals surface area contributed by atoms with Crippen molar-refractivity contribution in [1.82, 2.24) is 14.9 Å². The molecular formula is C14H20N4O. The van der Waals surface area contributed by atoms with Crippen LogP contribution in [0.3, 0.4) is 0 Å². The van der Waals surface area contributed by atoms with E-state index in [0.717, 1.165) is 22.4 Å². The molecule has 19 heavy (non-hydrogen) atoms. The minimum atomic E-state index is -0.152. The number of benzene rings is 1. The highest BCUT2D eigenvalue weighted by molar-refractivity contribution is 5.79. The number of nitrogens with two attached hydrogens (primary N) is 1. The first-order valence-corrected chi connectivity index (χ1v) is 6.42. The number of nitrogens with zero attached hydrogens (tertiary/aromatic N) is 2. The molecule has 1 heterocycles. The molecule has 0 fully saturated rings. The van der Waals surface area contributed by atoms with E-state index >= 15 is 0 Å². The first-order valence-electron chi connectivity index (χ1n) is 6.42. The lowest BCUT2D eigenvalue weighted by Gasteiger charge is -2.09. The molecular weight excluding hydrogens is 240 g/mol. The van der Waals surface area contributed by atoms with Crippen LogP contribution in [0, 0.1) is 12.8 Å². The normalized spacial score (nSPS) is 12.6. The third-order valence-corrected chi connectivity index (χ3v) is 3.44. The molecule has 0 saturated heterocycles. The first kappa shape index (κ1) is 13.5. The molecule has 3 N–H and O–H groups in total. The fourth-order valence-electron chi connectivity index (χ4n) is 1.95. The van der Waals surface area contributed by atoms with Gasteiger partial charge in [-0.2, -0.15) is 0 Å². The van der Waals surface area contributed by atoms with Gasteiger partial charge in [0.25, 0.3) is 0 Å². The average molecular weight is 260 g/mol. The summed E-state index contributed by atoms with van der Waals surface area (Å²) >= 11 is 0. The third kappa shape index (κ3) is 2.76.